The monoisotopic (exact) mass is 426 g/mol. The lowest BCUT2D eigenvalue weighted by molar-refractivity contribution is -0.153. The fourth-order valence-electron chi connectivity index (χ4n) is 3.73. The molecule has 0 aliphatic carbocycles. The van der Waals surface area contributed by atoms with E-state index in [0.717, 1.165) is 13.0 Å². The van der Waals surface area contributed by atoms with Gasteiger partial charge in [0.2, 0.25) is 0 Å². The van der Waals surface area contributed by atoms with Gasteiger partial charge in [0, 0.05) is 26.1 Å². The molecule has 3 rings (SSSR count). The number of likely N-dealkylation sites (tertiary alicyclic amines) is 1. The average molecular weight is 427 g/mol. The van der Waals surface area contributed by atoms with Crippen molar-refractivity contribution < 1.29 is 29.0 Å². The zero-order chi connectivity index (χ0) is 21.4. The molecule has 1 N–H and O–H groups in total. The van der Waals surface area contributed by atoms with Crippen molar-refractivity contribution in [2.75, 3.05) is 40.3 Å². The van der Waals surface area contributed by atoms with Crippen molar-refractivity contribution in [2.24, 2.45) is 5.41 Å². The van der Waals surface area contributed by atoms with Gasteiger partial charge < -0.3 is 24.4 Å². The van der Waals surface area contributed by atoms with Crippen LogP contribution in [0.1, 0.15) is 19.3 Å². The van der Waals surface area contributed by atoms with Gasteiger partial charge in [0.15, 0.2) is 6.61 Å². The Bertz CT molecular complexity index is 719. The highest BCUT2D eigenvalue weighted by Crippen LogP contribution is 2.43. The molecule has 2 aliphatic rings. The van der Waals surface area contributed by atoms with Crippen LogP contribution in [0.2, 0.25) is 5.02 Å². The first-order valence-corrected chi connectivity index (χ1v) is 9.78. The van der Waals surface area contributed by atoms with Crippen LogP contribution in [-0.2, 0) is 19.1 Å². The van der Waals surface area contributed by atoms with Crippen molar-refractivity contribution in [1.29, 1.82) is 0 Å². The molecule has 1 amide bonds. The molecule has 9 heteroatoms. The van der Waals surface area contributed by atoms with Gasteiger partial charge in [0.1, 0.15) is 11.9 Å². The van der Waals surface area contributed by atoms with Gasteiger partial charge in [0.25, 0.3) is 12.4 Å². The maximum atomic E-state index is 12.4. The van der Waals surface area contributed by atoms with E-state index in [1.165, 1.54) is 0 Å². The number of cyclic esters (lactones) is 1. The number of hydrogen-bond donors (Lipinski definition) is 1. The first-order valence-electron chi connectivity index (χ1n) is 9.40. The third-order valence-corrected chi connectivity index (χ3v) is 5.47. The lowest BCUT2D eigenvalue weighted by Crippen LogP contribution is -2.46. The van der Waals surface area contributed by atoms with Crippen LogP contribution in [0.4, 0.5) is 0 Å². The molecule has 2 saturated heterocycles. The predicted molar refractivity (Wildman–Crippen MR) is 107 cm³/mol. The number of carbonyl (C=O) groups excluding carboxylic acids is 2. The Morgan fingerprint density at radius 2 is 2.00 bits per heavy atom. The van der Waals surface area contributed by atoms with Crippen LogP contribution in [0.5, 0.6) is 5.75 Å². The number of esters is 1. The summed E-state index contributed by atoms with van der Waals surface area (Å²) in [7, 11) is 3.94. The van der Waals surface area contributed by atoms with E-state index in [1.807, 2.05) is 31.1 Å². The second kappa shape index (κ2) is 10.5. The third kappa shape index (κ3) is 6.08. The van der Waals surface area contributed by atoms with Crippen LogP contribution >= 0.6 is 11.6 Å². The van der Waals surface area contributed by atoms with E-state index < -0.39 is 5.41 Å². The standard InChI is InChI=1S/C19H25ClN2O4.CH2O2/c1-21(2)12-14-11-19(18(24)26-14)7-9-22(10-8-19)17(23)13-25-16-6-4-3-5-15(16)20;2-1-3/h3-6,14H,7-13H2,1-2H3;1H,(H,2,3). The first kappa shape index (κ1) is 23.0. The predicted octanol–water partition coefficient (Wildman–Crippen LogP) is 1.91. The summed E-state index contributed by atoms with van der Waals surface area (Å²) in [6.07, 6.45) is 1.98. The lowest BCUT2D eigenvalue weighted by Gasteiger charge is -2.36. The minimum atomic E-state index is -0.430. The summed E-state index contributed by atoms with van der Waals surface area (Å²) in [4.78, 5) is 36.9. The van der Waals surface area contributed by atoms with E-state index in [-0.39, 0.29) is 31.1 Å². The highest BCUT2D eigenvalue weighted by molar-refractivity contribution is 6.32. The minimum Gasteiger partial charge on any atom is -0.483 e. The lowest BCUT2D eigenvalue weighted by atomic mass is 9.76. The Morgan fingerprint density at radius 3 is 2.59 bits per heavy atom. The molecular formula is C20H27ClN2O6. The van der Waals surface area contributed by atoms with Gasteiger partial charge >= 0.3 is 5.97 Å². The summed E-state index contributed by atoms with van der Waals surface area (Å²) in [5, 5.41) is 7.37. The Labute approximate surface area is 175 Å². The van der Waals surface area contributed by atoms with Crippen LogP contribution < -0.4 is 4.74 Å². The number of carboxylic acid groups (broad SMARTS) is 1. The van der Waals surface area contributed by atoms with E-state index in [0.29, 0.717) is 36.7 Å². The third-order valence-electron chi connectivity index (χ3n) is 5.15. The van der Waals surface area contributed by atoms with Crippen molar-refractivity contribution in [3.63, 3.8) is 0 Å². The average Bonchev–Trinajstić information content (AvgIpc) is 2.96. The zero-order valence-corrected chi connectivity index (χ0v) is 17.4. The van der Waals surface area contributed by atoms with Gasteiger partial charge in [0.05, 0.1) is 10.4 Å². The molecule has 1 unspecified atom stereocenters. The number of benzene rings is 1. The van der Waals surface area contributed by atoms with Crippen LogP contribution in [0.15, 0.2) is 24.3 Å². The van der Waals surface area contributed by atoms with Gasteiger partial charge in [-0.25, -0.2) is 0 Å². The van der Waals surface area contributed by atoms with Crippen LogP contribution in [-0.4, -0.2) is 79.7 Å². The summed E-state index contributed by atoms with van der Waals surface area (Å²) >= 11 is 6.04. The second-order valence-corrected chi connectivity index (χ2v) is 7.89. The summed E-state index contributed by atoms with van der Waals surface area (Å²) in [5.74, 6) is 0.307. The van der Waals surface area contributed by atoms with E-state index in [1.54, 1.807) is 17.0 Å². The van der Waals surface area contributed by atoms with E-state index >= 15 is 0 Å². The molecule has 2 fully saturated rings. The van der Waals surface area contributed by atoms with Gasteiger partial charge in [-0.05, 0) is 39.1 Å². The van der Waals surface area contributed by atoms with Crippen molar-refractivity contribution in [2.45, 2.75) is 25.4 Å². The second-order valence-electron chi connectivity index (χ2n) is 7.48. The number of amides is 1. The molecular weight excluding hydrogens is 400 g/mol. The molecule has 2 heterocycles. The van der Waals surface area contributed by atoms with E-state index in [4.69, 9.17) is 31.0 Å². The quantitative estimate of drug-likeness (QED) is 0.567. The molecule has 0 bridgehead atoms. The molecule has 2 aliphatic heterocycles. The number of para-hydroxylation sites is 1. The molecule has 1 aromatic carbocycles. The molecule has 0 aromatic heterocycles. The van der Waals surface area contributed by atoms with E-state index in [2.05, 4.69) is 0 Å². The molecule has 1 atom stereocenters. The maximum Gasteiger partial charge on any atom is 0.312 e. The zero-order valence-electron chi connectivity index (χ0n) is 16.7. The summed E-state index contributed by atoms with van der Waals surface area (Å²) in [5.41, 5.74) is -0.430. The van der Waals surface area contributed by atoms with Gasteiger partial charge in [-0.1, -0.05) is 23.7 Å². The first-order chi connectivity index (χ1) is 13.8. The van der Waals surface area contributed by atoms with Crippen LogP contribution in [0.3, 0.4) is 0 Å². The van der Waals surface area contributed by atoms with Crippen LogP contribution in [0.25, 0.3) is 0 Å². The van der Waals surface area contributed by atoms with Crippen molar-refractivity contribution in [1.82, 2.24) is 9.80 Å². The van der Waals surface area contributed by atoms with E-state index in [9.17, 15) is 9.59 Å². The summed E-state index contributed by atoms with van der Waals surface area (Å²) < 4.78 is 11.1. The van der Waals surface area contributed by atoms with Crippen LogP contribution in [0, 0.1) is 5.41 Å². The van der Waals surface area contributed by atoms with Gasteiger partial charge in [-0.15, -0.1) is 0 Å². The number of ether oxygens (including phenoxy) is 2. The number of hydrogen-bond acceptors (Lipinski definition) is 6. The summed E-state index contributed by atoms with van der Waals surface area (Å²) in [6, 6.07) is 7.08. The Kier molecular flexibility index (Phi) is 8.28. The maximum absolute atomic E-state index is 12.4. The largest absolute Gasteiger partial charge is 0.483 e. The molecule has 29 heavy (non-hydrogen) atoms. The minimum absolute atomic E-state index is 0.0512. The topological polar surface area (TPSA) is 96.4 Å². The molecule has 0 radical (unpaired) electrons. The number of nitrogens with zero attached hydrogens (tertiary/aromatic N) is 2. The highest BCUT2D eigenvalue weighted by Gasteiger charge is 2.50. The number of rotatable bonds is 5. The van der Waals surface area contributed by atoms with Crippen molar-refractivity contribution >= 4 is 29.9 Å². The fourth-order valence-corrected chi connectivity index (χ4v) is 3.92. The number of piperidine rings is 1. The normalized spacial score (nSPS) is 20.1. The number of carbonyl (C=O) groups is 3. The fraction of sp³-hybridized carbons (Fsp3) is 0.550. The van der Waals surface area contributed by atoms with Crippen molar-refractivity contribution in [3.05, 3.63) is 29.3 Å². The Balaban J connectivity index is 0.000000941. The Hall–Kier alpha value is -2.32. The molecule has 8 nitrogen and oxygen atoms in total. The van der Waals surface area contributed by atoms with Gasteiger partial charge in [-0.3, -0.25) is 14.4 Å². The molecule has 160 valence electrons. The molecule has 0 saturated carbocycles. The number of halogens is 1. The smallest absolute Gasteiger partial charge is 0.312 e. The van der Waals surface area contributed by atoms with Crippen molar-refractivity contribution in [3.8, 4) is 5.75 Å². The SMILES string of the molecule is CN(C)CC1CC2(CCN(C(=O)COc3ccccc3Cl)CC2)C(=O)O1.O=CO. The van der Waals surface area contributed by atoms with Gasteiger partial charge in [-0.2, -0.15) is 0 Å². The highest BCUT2D eigenvalue weighted by atomic mass is 35.5. The number of likely N-dealkylation sites (N-methyl/N-ethyl adjacent to an activating group) is 1. The Morgan fingerprint density at radius 1 is 1.38 bits per heavy atom. The molecule has 1 aromatic rings. The molecule has 1 spiro atoms. The summed E-state index contributed by atoms with van der Waals surface area (Å²) in [6.45, 7) is 1.54.